The van der Waals surface area contributed by atoms with Crippen LogP contribution in [0.3, 0.4) is 0 Å². The van der Waals surface area contributed by atoms with Crippen LogP contribution in [0, 0.1) is 0 Å². The zero-order valence-corrected chi connectivity index (χ0v) is 12.7. The number of carbonyl (C=O) groups excluding carboxylic acids is 1. The highest BCUT2D eigenvalue weighted by Crippen LogP contribution is 2.30. The van der Waals surface area contributed by atoms with Crippen molar-refractivity contribution >= 4 is 21.8 Å². The molecule has 0 unspecified atom stereocenters. The average molecular weight is 332 g/mol. The summed E-state index contributed by atoms with van der Waals surface area (Å²) in [7, 11) is 1.65. The molecule has 0 bridgehead atoms. The summed E-state index contributed by atoms with van der Waals surface area (Å²) in [5.41, 5.74) is 2.97. The van der Waals surface area contributed by atoms with Gasteiger partial charge < -0.3 is 9.64 Å². The molecule has 0 N–H and O–H groups in total. The van der Waals surface area contributed by atoms with Crippen LogP contribution in [0.1, 0.15) is 21.5 Å². The van der Waals surface area contributed by atoms with Crippen LogP contribution in [-0.4, -0.2) is 17.9 Å². The maximum absolute atomic E-state index is 12.4. The Morgan fingerprint density at radius 3 is 2.60 bits per heavy atom. The molecule has 0 saturated heterocycles. The Morgan fingerprint density at radius 2 is 1.95 bits per heavy atom. The molecular formula is C16H14BrNO2. The summed E-state index contributed by atoms with van der Waals surface area (Å²) in [6, 6.07) is 13.7. The predicted molar refractivity (Wildman–Crippen MR) is 80.7 cm³/mol. The van der Waals surface area contributed by atoms with Crippen molar-refractivity contribution < 1.29 is 9.53 Å². The van der Waals surface area contributed by atoms with Gasteiger partial charge in [-0.05, 0) is 45.3 Å². The standard InChI is InChI=1S/C16H14BrNO2/c1-20-13-7-5-11(6-8-13)9-18-10-12-3-2-4-14(17)15(12)16(18)19/h2-8H,9-10H2,1H3. The van der Waals surface area contributed by atoms with Gasteiger partial charge in [0, 0.05) is 17.6 Å². The molecule has 0 aromatic heterocycles. The lowest BCUT2D eigenvalue weighted by molar-refractivity contribution is 0.0766. The molecule has 102 valence electrons. The number of benzene rings is 2. The molecule has 0 spiro atoms. The molecule has 0 saturated carbocycles. The van der Waals surface area contributed by atoms with E-state index in [1.165, 1.54) is 0 Å². The largest absolute Gasteiger partial charge is 0.497 e. The van der Waals surface area contributed by atoms with Crippen molar-refractivity contribution in [2.45, 2.75) is 13.1 Å². The Morgan fingerprint density at radius 1 is 1.20 bits per heavy atom. The fourth-order valence-electron chi connectivity index (χ4n) is 2.45. The molecule has 1 heterocycles. The van der Waals surface area contributed by atoms with E-state index in [2.05, 4.69) is 15.9 Å². The molecule has 1 aliphatic rings. The van der Waals surface area contributed by atoms with Crippen LogP contribution in [0.15, 0.2) is 46.9 Å². The minimum atomic E-state index is 0.0864. The first-order valence-corrected chi connectivity index (χ1v) is 7.18. The highest BCUT2D eigenvalue weighted by molar-refractivity contribution is 9.10. The second-order valence-electron chi connectivity index (χ2n) is 4.78. The van der Waals surface area contributed by atoms with Gasteiger partial charge in [-0.15, -0.1) is 0 Å². The van der Waals surface area contributed by atoms with Gasteiger partial charge in [0.2, 0.25) is 0 Å². The van der Waals surface area contributed by atoms with E-state index in [0.29, 0.717) is 13.1 Å². The number of rotatable bonds is 3. The van der Waals surface area contributed by atoms with Gasteiger partial charge in [0.1, 0.15) is 5.75 Å². The third-order valence-electron chi connectivity index (χ3n) is 3.49. The molecule has 1 amide bonds. The topological polar surface area (TPSA) is 29.5 Å². The van der Waals surface area contributed by atoms with Crippen LogP contribution in [0.5, 0.6) is 5.75 Å². The number of hydrogen-bond donors (Lipinski definition) is 0. The van der Waals surface area contributed by atoms with E-state index in [0.717, 1.165) is 26.9 Å². The molecule has 0 radical (unpaired) electrons. The van der Waals surface area contributed by atoms with E-state index < -0.39 is 0 Å². The molecule has 0 aliphatic carbocycles. The maximum atomic E-state index is 12.4. The van der Waals surface area contributed by atoms with Crippen molar-refractivity contribution in [3.63, 3.8) is 0 Å². The number of methoxy groups -OCH3 is 1. The number of amides is 1. The van der Waals surface area contributed by atoms with E-state index in [4.69, 9.17) is 4.74 Å². The quantitative estimate of drug-likeness (QED) is 0.859. The van der Waals surface area contributed by atoms with E-state index in [1.54, 1.807) is 7.11 Å². The normalized spacial score (nSPS) is 13.5. The summed E-state index contributed by atoms with van der Waals surface area (Å²) in [6.07, 6.45) is 0. The summed E-state index contributed by atoms with van der Waals surface area (Å²) in [6.45, 7) is 1.28. The molecule has 2 aromatic carbocycles. The van der Waals surface area contributed by atoms with Crippen LogP contribution >= 0.6 is 15.9 Å². The molecular weight excluding hydrogens is 318 g/mol. The zero-order valence-electron chi connectivity index (χ0n) is 11.1. The van der Waals surface area contributed by atoms with Gasteiger partial charge in [-0.25, -0.2) is 0 Å². The van der Waals surface area contributed by atoms with Gasteiger partial charge in [-0.1, -0.05) is 24.3 Å². The van der Waals surface area contributed by atoms with E-state index >= 15 is 0 Å². The Bertz CT molecular complexity index is 652. The van der Waals surface area contributed by atoms with Crippen LogP contribution in [0.2, 0.25) is 0 Å². The van der Waals surface area contributed by atoms with Crippen LogP contribution in [-0.2, 0) is 13.1 Å². The van der Waals surface area contributed by atoms with Gasteiger partial charge in [-0.3, -0.25) is 4.79 Å². The van der Waals surface area contributed by atoms with E-state index in [9.17, 15) is 4.79 Å². The van der Waals surface area contributed by atoms with Crippen LogP contribution < -0.4 is 4.74 Å². The first kappa shape index (κ1) is 13.2. The van der Waals surface area contributed by atoms with Crippen molar-refractivity contribution in [3.8, 4) is 5.75 Å². The number of nitrogens with zero attached hydrogens (tertiary/aromatic N) is 1. The Kier molecular flexibility index (Phi) is 3.49. The van der Waals surface area contributed by atoms with Gasteiger partial charge in [0.05, 0.1) is 12.7 Å². The number of carbonyl (C=O) groups is 1. The number of halogens is 1. The summed E-state index contributed by atoms with van der Waals surface area (Å²) in [5.74, 6) is 0.913. The summed E-state index contributed by atoms with van der Waals surface area (Å²) < 4.78 is 6.01. The highest BCUT2D eigenvalue weighted by Gasteiger charge is 2.28. The first-order chi connectivity index (χ1) is 9.69. The molecule has 20 heavy (non-hydrogen) atoms. The fraction of sp³-hybridized carbons (Fsp3) is 0.188. The van der Waals surface area contributed by atoms with Gasteiger partial charge >= 0.3 is 0 Å². The third kappa shape index (κ3) is 2.31. The lowest BCUT2D eigenvalue weighted by Crippen LogP contribution is -2.23. The lowest BCUT2D eigenvalue weighted by Gasteiger charge is -2.15. The third-order valence-corrected chi connectivity index (χ3v) is 4.16. The molecule has 1 aliphatic heterocycles. The monoisotopic (exact) mass is 331 g/mol. The predicted octanol–water partition coefficient (Wildman–Crippen LogP) is 3.61. The first-order valence-electron chi connectivity index (χ1n) is 6.38. The van der Waals surface area contributed by atoms with Crippen molar-refractivity contribution in [3.05, 3.63) is 63.6 Å². The van der Waals surface area contributed by atoms with Gasteiger partial charge in [0.15, 0.2) is 0 Å². The maximum Gasteiger partial charge on any atom is 0.255 e. The molecule has 2 aromatic rings. The van der Waals surface area contributed by atoms with Gasteiger partial charge in [0.25, 0.3) is 5.91 Å². The number of ether oxygens (including phenoxy) is 1. The van der Waals surface area contributed by atoms with E-state index in [1.807, 2.05) is 47.4 Å². The van der Waals surface area contributed by atoms with Crippen LogP contribution in [0.25, 0.3) is 0 Å². The fourth-order valence-corrected chi connectivity index (χ4v) is 3.03. The molecule has 0 fully saturated rings. The number of hydrogen-bond acceptors (Lipinski definition) is 2. The zero-order chi connectivity index (χ0) is 14.1. The summed E-state index contributed by atoms with van der Waals surface area (Å²) in [4.78, 5) is 14.3. The summed E-state index contributed by atoms with van der Waals surface area (Å²) in [5, 5.41) is 0. The van der Waals surface area contributed by atoms with Gasteiger partial charge in [-0.2, -0.15) is 0 Å². The Hall–Kier alpha value is -1.81. The van der Waals surface area contributed by atoms with Crippen molar-refractivity contribution in [2.24, 2.45) is 0 Å². The van der Waals surface area contributed by atoms with Crippen LogP contribution in [0.4, 0.5) is 0 Å². The minimum Gasteiger partial charge on any atom is -0.497 e. The number of fused-ring (bicyclic) bond motifs is 1. The summed E-state index contributed by atoms with van der Waals surface area (Å²) >= 11 is 3.46. The Balaban J connectivity index is 1.80. The average Bonchev–Trinajstić information content (AvgIpc) is 2.78. The second-order valence-corrected chi connectivity index (χ2v) is 5.64. The SMILES string of the molecule is COc1ccc(CN2Cc3cccc(Br)c3C2=O)cc1. The second kappa shape index (κ2) is 5.29. The van der Waals surface area contributed by atoms with Crippen molar-refractivity contribution in [1.82, 2.24) is 4.90 Å². The molecule has 4 heteroatoms. The Labute approximate surface area is 126 Å². The molecule has 3 rings (SSSR count). The lowest BCUT2D eigenvalue weighted by atomic mass is 10.1. The molecule has 3 nitrogen and oxygen atoms in total. The smallest absolute Gasteiger partial charge is 0.255 e. The van der Waals surface area contributed by atoms with Crippen molar-refractivity contribution in [2.75, 3.05) is 7.11 Å². The van der Waals surface area contributed by atoms with Crippen molar-refractivity contribution in [1.29, 1.82) is 0 Å². The minimum absolute atomic E-state index is 0.0864. The highest BCUT2D eigenvalue weighted by atomic mass is 79.9. The molecule has 0 atom stereocenters. The van der Waals surface area contributed by atoms with E-state index in [-0.39, 0.29) is 5.91 Å².